The monoisotopic (exact) mass is 368 g/mol. The van der Waals surface area contributed by atoms with E-state index in [0.29, 0.717) is 38.8 Å². The zero-order valence-electron chi connectivity index (χ0n) is 16.1. The van der Waals surface area contributed by atoms with Gasteiger partial charge in [0.15, 0.2) is 0 Å². The van der Waals surface area contributed by atoms with Gasteiger partial charge < -0.3 is 14.2 Å². The highest BCUT2D eigenvalue weighted by atomic mass is 16.5. The first-order chi connectivity index (χ1) is 13.2. The zero-order valence-corrected chi connectivity index (χ0v) is 16.1. The Hall–Kier alpha value is -2.08. The molecular weight excluding hydrogens is 340 g/mol. The summed E-state index contributed by atoms with van der Waals surface area (Å²) in [6.45, 7) is 8.84. The molecule has 0 fully saturated rings. The van der Waals surface area contributed by atoms with Gasteiger partial charge in [-0.3, -0.25) is 9.80 Å². The minimum absolute atomic E-state index is 0.309. The van der Waals surface area contributed by atoms with E-state index in [0.717, 1.165) is 24.6 Å². The van der Waals surface area contributed by atoms with Crippen molar-refractivity contribution in [3.05, 3.63) is 59.7 Å². The van der Waals surface area contributed by atoms with Crippen LogP contribution in [0.25, 0.3) is 0 Å². The predicted molar refractivity (Wildman–Crippen MR) is 105 cm³/mol. The molecular formula is C22H28N2O3. The van der Waals surface area contributed by atoms with E-state index < -0.39 is 0 Å². The van der Waals surface area contributed by atoms with E-state index in [1.165, 1.54) is 11.1 Å². The Kier molecular flexibility index (Phi) is 5.62. The molecule has 5 heteroatoms. The molecule has 4 rings (SSSR count). The van der Waals surface area contributed by atoms with Crippen molar-refractivity contribution in [1.82, 2.24) is 9.80 Å². The van der Waals surface area contributed by atoms with Crippen molar-refractivity contribution < 1.29 is 14.2 Å². The maximum Gasteiger partial charge on any atom is 0.142 e. The molecule has 2 aromatic rings. The molecule has 0 saturated heterocycles. The van der Waals surface area contributed by atoms with Gasteiger partial charge in [-0.1, -0.05) is 36.4 Å². The number of benzene rings is 2. The third-order valence-corrected chi connectivity index (χ3v) is 5.43. The van der Waals surface area contributed by atoms with Crippen molar-refractivity contribution in [1.29, 1.82) is 0 Å². The van der Waals surface area contributed by atoms with Gasteiger partial charge in [0.1, 0.15) is 25.0 Å². The van der Waals surface area contributed by atoms with E-state index in [1.54, 1.807) is 0 Å². The molecule has 0 N–H and O–H groups in total. The lowest BCUT2D eigenvalue weighted by atomic mass is 10.1. The SMILES string of the molecule is CC(COCC(C)N1COc2ccccc2C1)N1COc2ccccc2C1. The summed E-state index contributed by atoms with van der Waals surface area (Å²) in [7, 11) is 0. The fourth-order valence-electron chi connectivity index (χ4n) is 3.57. The second-order valence-electron chi connectivity index (χ2n) is 7.49. The fourth-order valence-corrected chi connectivity index (χ4v) is 3.57. The third kappa shape index (κ3) is 4.26. The molecule has 2 aliphatic heterocycles. The van der Waals surface area contributed by atoms with E-state index in [9.17, 15) is 0 Å². The number of nitrogens with zero attached hydrogens (tertiary/aromatic N) is 2. The first-order valence-corrected chi connectivity index (χ1v) is 9.68. The van der Waals surface area contributed by atoms with Crippen molar-refractivity contribution in [2.45, 2.75) is 39.0 Å². The lowest BCUT2D eigenvalue weighted by Crippen LogP contribution is -2.43. The Morgan fingerprint density at radius 2 is 1.22 bits per heavy atom. The van der Waals surface area contributed by atoms with Gasteiger partial charge in [-0.25, -0.2) is 0 Å². The van der Waals surface area contributed by atoms with Crippen LogP contribution in [0.4, 0.5) is 0 Å². The molecule has 2 unspecified atom stereocenters. The summed E-state index contributed by atoms with van der Waals surface area (Å²) in [5.74, 6) is 2.00. The van der Waals surface area contributed by atoms with E-state index in [4.69, 9.17) is 14.2 Å². The molecule has 144 valence electrons. The van der Waals surface area contributed by atoms with Gasteiger partial charge in [0.25, 0.3) is 0 Å². The van der Waals surface area contributed by atoms with E-state index in [2.05, 4.69) is 47.9 Å². The molecule has 2 aromatic carbocycles. The Bertz CT molecular complexity index is 703. The average Bonchev–Trinajstić information content (AvgIpc) is 2.72. The minimum Gasteiger partial charge on any atom is -0.478 e. The second-order valence-corrected chi connectivity index (χ2v) is 7.49. The van der Waals surface area contributed by atoms with Crippen LogP contribution in [0, 0.1) is 0 Å². The van der Waals surface area contributed by atoms with E-state index in [1.807, 2.05) is 24.3 Å². The van der Waals surface area contributed by atoms with E-state index >= 15 is 0 Å². The molecule has 0 amide bonds. The lowest BCUT2D eigenvalue weighted by molar-refractivity contribution is -0.0188. The molecule has 2 heterocycles. The van der Waals surface area contributed by atoms with Crippen molar-refractivity contribution in [2.75, 3.05) is 26.7 Å². The first-order valence-electron chi connectivity index (χ1n) is 9.68. The van der Waals surface area contributed by atoms with Crippen LogP contribution >= 0.6 is 0 Å². The van der Waals surface area contributed by atoms with Crippen LogP contribution in [0.2, 0.25) is 0 Å². The first kappa shape index (κ1) is 18.3. The molecule has 0 bridgehead atoms. The molecule has 0 aliphatic carbocycles. The number of para-hydroxylation sites is 2. The predicted octanol–water partition coefficient (Wildman–Crippen LogP) is 3.48. The number of hydrogen-bond acceptors (Lipinski definition) is 5. The average molecular weight is 368 g/mol. The highest BCUT2D eigenvalue weighted by Crippen LogP contribution is 2.26. The number of fused-ring (bicyclic) bond motifs is 2. The number of ether oxygens (including phenoxy) is 3. The van der Waals surface area contributed by atoms with Gasteiger partial charge in [0.2, 0.25) is 0 Å². The normalized spacial score (nSPS) is 19.3. The van der Waals surface area contributed by atoms with Crippen molar-refractivity contribution >= 4 is 0 Å². The third-order valence-electron chi connectivity index (χ3n) is 5.43. The number of hydrogen-bond donors (Lipinski definition) is 0. The van der Waals surface area contributed by atoms with Crippen LogP contribution in [-0.4, -0.2) is 48.6 Å². The molecule has 2 aliphatic rings. The summed E-state index contributed by atoms with van der Waals surface area (Å²) in [5.41, 5.74) is 2.49. The van der Waals surface area contributed by atoms with Gasteiger partial charge >= 0.3 is 0 Å². The van der Waals surface area contributed by atoms with Crippen LogP contribution in [0.5, 0.6) is 11.5 Å². The van der Waals surface area contributed by atoms with Crippen LogP contribution in [0.3, 0.4) is 0 Å². The Morgan fingerprint density at radius 1 is 0.778 bits per heavy atom. The fraction of sp³-hybridized carbons (Fsp3) is 0.455. The Morgan fingerprint density at radius 3 is 1.70 bits per heavy atom. The summed E-state index contributed by atoms with van der Waals surface area (Å²) in [4.78, 5) is 4.63. The highest BCUT2D eigenvalue weighted by molar-refractivity contribution is 5.35. The maximum absolute atomic E-state index is 6.05. The number of rotatable bonds is 6. The van der Waals surface area contributed by atoms with Gasteiger partial charge in [0, 0.05) is 36.3 Å². The molecule has 5 nitrogen and oxygen atoms in total. The summed E-state index contributed by atoms with van der Waals surface area (Å²) < 4.78 is 17.8. The summed E-state index contributed by atoms with van der Waals surface area (Å²) in [6.07, 6.45) is 0. The molecule has 0 aromatic heterocycles. The van der Waals surface area contributed by atoms with Gasteiger partial charge in [-0.05, 0) is 26.0 Å². The summed E-state index contributed by atoms with van der Waals surface area (Å²) in [5, 5.41) is 0. The standard InChI is InChI=1S/C22H28N2O3/c1-17(23-11-19-7-3-5-9-21(19)26-15-23)13-25-14-18(2)24-12-20-8-4-6-10-22(20)27-16-24/h3-10,17-18H,11-16H2,1-2H3. The second kappa shape index (κ2) is 8.30. The molecule has 27 heavy (non-hydrogen) atoms. The van der Waals surface area contributed by atoms with Crippen LogP contribution in [-0.2, 0) is 17.8 Å². The topological polar surface area (TPSA) is 34.2 Å². The van der Waals surface area contributed by atoms with Crippen molar-refractivity contribution in [3.8, 4) is 11.5 Å². The van der Waals surface area contributed by atoms with Crippen molar-refractivity contribution in [3.63, 3.8) is 0 Å². The van der Waals surface area contributed by atoms with E-state index in [-0.39, 0.29) is 0 Å². The molecule has 0 radical (unpaired) electrons. The maximum atomic E-state index is 6.05. The summed E-state index contributed by atoms with van der Waals surface area (Å²) >= 11 is 0. The molecule has 2 atom stereocenters. The van der Waals surface area contributed by atoms with Crippen molar-refractivity contribution in [2.24, 2.45) is 0 Å². The zero-order chi connectivity index (χ0) is 18.6. The van der Waals surface area contributed by atoms with Crippen LogP contribution in [0.1, 0.15) is 25.0 Å². The summed E-state index contributed by atoms with van der Waals surface area (Å²) in [6, 6.07) is 17.1. The Labute approximate surface area is 161 Å². The highest BCUT2D eigenvalue weighted by Gasteiger charge is 2.24. The largest absolute Gasteiger partial charge is 0.478 e. The Balaban J connectivity index is 1.23. The quantitative estimate of drug-likeness (QED) is 0.780. The van der Waals surface area contributed by atoms with Gasteiger partial charge in [-0.2, -0.15) is 0 Å². The molecule has 0 saturated carbocycles. The lowest BCUT2D eigenvalue weighted by Gasteiger charge is -2.35. The van der Waals surface area contributed by atoms with Crippen LogP contribution in [0.15, 0.2) is 48.5 Å². The van der Waals surface area contributed by atoms with Gasteiger partial charge in [0.05, 0.1) is 13.2 Å². The minimum atomic E-state index is 0.309. The molecule has 0 spiro atoms. The smallest absolute Gasteiger partial charge is 0.142 e. The van der Waals surface area contributed by atoms with Crippen LogP contribution < -0.4 is 9.47 Å². The van der Waals surface area contributed by atoms with Gasteiger partial charge in [-0.15, -0.1) is 0 Å².